The zero-order valence-corrected chi connectivity index (χ0v) is 15.7. The summed E-state index contributed by atoms with van der Waals surface area (Å²) >= 11 is 0. The Kier molecular flexibility index (Phi) is 4.40. The van der Waals surface area contributed by atoms with Crippen LogP contribution in [-0.2, 0) is 17.6 Å². The van der Waals surface area contributed by atoms with Crippen molar-refractivity contribution in [1.82, 2.24) is 9.88 Å². The Bertz CT molecular complexity index is 1050. The molecule has 28 heavy (non-hydrogen) atoms. The second-order valence-corrected chi connectivity index (χ2v) is 7.38. The van der Waals surface area contributed by atoms with Crippen molar-refractivity contribution < 1.29 is 14.7 Å². The molecule has 1 saturated heterocycles. The van der Waals surface area contributed by atoms with E-state index in [1.165, 1.54) is 4.90 Å². The SMILES string of the molecule is CN1CCC(O)(C#Cc2cccc(-c3nc(C(N)=O)cc4c3CCC4)c2)C1=O. The van der Waals surface area contributed by atoms with Gasteiger partial charge in [0, 0.05) is 31.1 Å². The monoisotopic (exact) mass is 375 g/mol. The molecule has 1 aromatic heterocycles. The molecule has 2 aromatic rings. The number of carbonyl (C=O) groups is 2. The van der Waals surface area contributed by atoms with Gasteiger partial charge in [0.25, 0.3) is 11.8 Å². The highest BCUT2D eigenvalue weighted by molar-refractivity contribution is 5.92. The number of carbonyl (C=O) groups excluding carboxylic acids is 2. The Balaban J connectivity index is 1.73. The molecule has 0 radical (unpaired) electrons. The van der Waals surface area contributed by atoms with Crippen LogP contribution in [0.2, 0.25) is 0 Å². The third-order valence-corrected chi connectivity index (χ3v) is 5.40. The second kappa shape index (κ2) is 6.77. The molecule has 3 N–H and O–H groups in total. The predicted octanol–water partition coefficient (Wildman–Crippen LogP) is 1.28. The highest BCUT2D eigenvalue weighted by Gasteiger charge is 2.42. The van der Waals surface area contributed by atoms with Crippen molar-refractivity contribution in [2.24, 2.45) is 5.73 Å². The Hall–Kier alpha value is -3.17. The lowest BCUT2D eigenvalue weighted by molar-refractivity contribution is -0.137. The molecule has 2 amide bonds. The maximum atomic E-state index is 12.1. The van der Waals surface area contributed by atoms with Gasteiger partial charge < -0.3 is 15.7 Å². The number of benzene rings is 1. The average Bonchev–Trinajstić information content (AvgIpc) is 3.27. The highest BCUT2D eigenvalue weighted by atomic mass is 16.3. The number of likely N-dealkylation sites (N-methyl/N-ethyl adjacent to an activating group) is 1. The molecular weight excluding hydrogens is 354 g/mol. The van der Waals surface area contributed by atoms with Crippen molar-refractivity contribution in [3.8, 4) is 23.1 Å². The van der Waals surface area contributed by atoms with Gasteiger partial charge in [-0.25, -0.2) is 4.98 Å². The van der Waals surface area contributed by atoms with Crippen molar-refractivity contribution in [2.75, 3.05) is 13.6 Å². The Labute approximate surface area is 163 Å². The molecule has 1 atom stereocenters. The van der Waals surface area contributed by atoms with Crippen molar-refractivity contribution >= 4 is 11.8 Å². The molecule has 6 heteroatoms. The van der Waals surface area contributed by atoms with Crippen LogP contribution in [0.5, 0.6) is 0 Å². The number of nitrogens with two attached hydrogens (primary N) is 1. The first-order valence-corrected chi connectivity index (χ1v) is 9.31. The largest absolute Gasteiger partial charge is 0.369 e. The molecule has 1 aromatic carbocycles. The number of amides is 2. The van der Waals surface area contributed by atoms with Crippen LogP contribution in [0.4, 0.5) is 0 Å². The van der Waals surface area contributed by atoms with Gasteiger partial charge in [0.1, 0.15) is 5.69 Å². The molecule has 1 aliphatic carbocycles. The topological polar surface area (TPSA) is 96.5 Å². The summed E-state index contributed by atoms with van der Waals surface area (Å²) in [4.78, 5) is 29.7. The van der Waals surface area contributed by atoms with Crippen LogP contribution >= 0.6 is 0 Å². The first-order chi connectivity index (χ1) is 13.4. The molecule has 0 spiro atoms. The Morgan fingerprint density at radius 3 is 2.86 bits per heavy atom. The minimum absolute atomic E-state index is 0.265. The van der Waals surface area contributed by atoms with Gasteiger partial charge in [0.2, 0.25) is 5.60 Å². The third kappa shape index (κ3) is 3.14. The van der Waals surface area contributed by atoms with Crippen LogP contribution in [0.15, 0.2) is 30.3 Å². The minimum atomic E-state index is -1.63. The number of aromatic nitrogens is 1. The van der Waals surface area contributed by atoms with E-state index in [1.807, 2.05) is 24.3 Å². The summed E-state index contributed by atoms with van der Waals surface area (Å²) in [6, 6.07) is 9.24. The summed E-state index contributed by atoms with van der Waals surface area (Å²) in [6.07, 6.45) is 3.14. The van der Waals surface area contributed by atoms with E-state index in [-0.39, 0.29) is 11.6 Å². The molecule has 1 fully saturated rings. The number of nitrogens with zero attached hydrogens (tertiary/aromatic N) is 2. The Morgan fingerprint density at radius 1 is 1.32 bits per heavy atom. The maximum Gasteiger partial charge on any atom is 0.267 e. The fourth-order valence-corrected chi connectivity index (χ4v) is 3.84. The zero-order chi connectivity index (χ0) is 19.9. The van der Waals surface area contributed by atoms with Crippen molar-refractivity contribution in [2.45, 2.75) is 31.3 Å². The van der Waals surface area contributed by atoms with Gasteiger partial charge in [-0.15, -0.1) is 0 Å². The third-order valence-electron chi connectivity index (χ3n) is 5.40. The molecule has 0 saturated carbocycles. The number of hydrogen-bond donors (Lipinski definition) is 2. The molecule has 142 valence electrons. The number of pyridine rings is 1. The number of rotatable bonds is 2. The van der Waals surface area contributed by atoms with Crippen molar-refractivity contribution in [3.05, 3.63) is 52.7 Å². The number of fused-ring (bicyclic) bond motifs is 1. The molecule has 2 heterocycles. The standard InChI is InChI=1S/C22H21N3O3/c1-25-11-10-22(28,21(25)27)9-8-14-4-2-6-16(12-14)19-17-7-3-5-15(17)13-18(24-19)20(23)26/h2,4,6,12-13,28H,3,5,7,10-11H2,1H3,(H2,23,26). The average molecular weight is 375 g/mol. The molecule has 1 aliphatic heterocycles. The van der Waals surface area contributed by atoms with E-state index in [0.29, 0.717) is 18.5 Å². The van der Waals surface area contributed by atoms with Crippen molar-refractivity contribution in [3.63, 3.8) is 0 Å². The van der Waals surface area contributed by atoms with Crippen LogP contribution in [-0.4, -0.2) is 46.0 Å². The van der Waals surface area contributed by atoms with Gasteiger partial charge in [0.05, 0.1) is 5.69 Å². The fraction of sp³-hybridized carbons (Fsp3) is 0.318. The zero-order valence-electron chi connectivity index (χ0n) is 15.7. The number of hydrogen-bond acceptors (Lipinski definition) is 4. The van der Waals surface area contributed by atoms with E-state index >= 15 is 0 Å². The van der Waals surface area contributed by atoms with Gasteiger partial charge in [-0.3, -0.25) is 9.59 Å². The summed E-state index contributed by atoms with van der Waals surface area (Å²) in [5, 5.41) is 10.5. The molecule has 1 unspecified atom stereocenters. The van der Waals surface area contributed by atoms with Crippen LogP contribution < -0.4 is 5.73 Å². The number of likely N-dealkylation sites (tertiary alicyclic amines) is 1. The molecule has 6 nitrogen and oxygen atoms in total. The Morgan fingerprint density at radius 2 is 2.14 bits per heavy atom. The number of aliphatic hydroxyl groups is 1. The van der Waals surface area contributed by atoms with Crippen molar-refractivity contribution in [1.29, 1.82) is 0 Å². The van der Waals surface area contributed by atoms with E-state index in [4.69, 9.17) is 5.73 Å². The van der Waals surface area contributed by atoms with Gasteiger partial charge in [-0.2, -0.15) is 0 Å². The molecule has 4 rings (SSSR count). The van der Waals surface area contributed by atoms with Crippen LogP contribution in [0.1, 0.15) is 40.0 Å². The van der Waals surface area contributed by atoms with E-state index < -0.39 is 11.5 Å². The van der Waals surface area contributed by atoms with Crippen LogP contribution in [0, 0.1) is 11.8 Å². The number of primary amides is 1. The molecule has 2 aliphatic rings. The van der Waals surface area contributed by atoms with Crippen LogP contribution in [0.3, 0.4) is 0 Å². The fourth-order valence-electron chi connectivity index (χ4n) is 3.84. The lowest BCUT2D eigenvalue weighted by atomic mass is 9.99. The van der Waals surface area contributed by atoms with Crippen LogP contribution in [0.25, 0.3) is 11.3 Å². The maximum absolute atomic E-state index is 12.1. The first kappa shape index (κ1) is 18.2. The highest BCUT2D eigenvalue weighted by Crippen LogP contribution is 2.32. The summed E-state index contributed by atoms with van der Waals surface area (Å²) in [5.41, 5.74) is 8.61. The summed E-state index contributed by atoms with van der Waals surface area (Å²) in [6.45, 7) is 0.486. The van der Waals surface area contributed by atoms with Gasteiger partial charge in [-0.1, -0.05) is 24.0 Å². The van der Waals surface area contributed by atoms with E-state index in [0.717, 1.165) is 41.6 Å². The van der Waals surface area contributed by atoms with E-state index in [9.17, 15) is 14.7 Å². The molecule has 0 bridgehead atoms. The first-order valence-electron chi connectivity index (χ1n) is 9.31. The minimum Gasteiger partial charge on any atom is -0.369 e. The normalized spacial score (nSPS) is 20.6. The second-order valence-electron chi connectivity index (χ2n) is 7.38. The van der Waals surface area contributed by atoms with Gasteiger partial charge in [0.15, 0.2) is 0 Å². The molecular formula is C22H21N3O3. The van der Waals surface area contributed by atoms with E-state index in [1.54, 1.807) is 13.1 Å². The number of aryl methyl sites for hydroxylation is 1. The predicted molar refractivity (Wildman–Crippen MR) is 104 cm³/mol. The lowest BCUT2D eigenvalue weighted by Gasteiger charge is -2.13. The smallest absolute Gasteiger partial charge is 0.267 e. The summed E-state index contributed by atoms with van der Waals surface area (Å²) < 4.78 is 0. The summed E-state index contributed by atoms with van der Waals surface area (Å²) in [5.74, 6) is 4.75. The van der Waals surface area contributed by atoms with Gasteiger partial charge in [-0.05, 0) is 48.6 Å². The van der Waals surface area contributed by atoms with E-state index in [2.05, 4.69) is 16.8 Å². The lowest BCUT2D eigenvalue weighted by Crippen LogP contribution is -2.37. The quantitative estimate of drug-likeness (QED) is 0.773. The van der Waals surface area contributed by atoms with Gasteiger partial charge >= 0.3 is 0 Å². The summed E-state index contributed by atoms with van der Waals surface area (Å²) in [7, 11) is 1.65.